The third-order valence-corrected chi connectivity index (χ3v) is 3.70. The van der Waals surface area contributed by atoms with E-state index in [9.17, 15) is 9.59 Å². The van der Waals surface area contributed by atoms with Gasteiger partial charge >= 0.3 is 0 Å². The number of amides is 2. The Kier molecular flexibility index (Phi) is 3.79. The minimum Gasteiger partial charge on any atom is -0.381 e. The third-order valence-electron chi connectivity index (χ3n) is 3.70. The molecule has 0 aliphatic carbocycles. The number of hydrogen-bond donors (Lipinski definition) is 1. The number of likely N-dealkylation sites (N-methyl/N-ethyl adjacent to an activating group) is 1. The van der Waals surface area contributed by atoms with Crippen LogP contribution >= 0.6 is 0 Å². The van der Waals surface area contributed by atoms with Gasteiger partial charge in [-0.3, -0.25) is 14.5 Å². The van der Waals surface area contributed by atoms with Gasteiger partial charge in [0.2, 0.25) is 11.8 Å². The summed E-state index contributed by atoms with van der Waals surface area (Å²) in [5, 5.41) is 3.27. The predicted molar refractivity (Wildman–Crippen MR) is 62.3 cm³/mol. The molecule has 96 valence electrons. The molecule has 1 N–H and O–H groups in total. The second-order valence-electron chi connectivity index (χ2n) is 4.81. The maximum Gasteiger partial charge on any atom is 0.246 e. The molecule has 2 fully saturated rings. The molecule has 3 unspecified atom stereocenters. The Morgan fingerprint density at radius 3 is 2.82 bits per heavy atom. The maximum atomic E-state index is 11.9. The summed E-state index contributed by atoms with van der Waals surface area (Å²) >= 11 is 0. The van der Waals surface area contributed by atoms with Gasteiger partial charge < -0.3 is 10.1 Å². The summed E-state index contributed by atoms with van der Waals surface area (Å²) in [6, 6.07) is -0.117. The Morgan fingerprint density at radius 2 is 2.29 bits per heavy atom. The molecule has 2 heterocycles. The normalized spacial score (nSPS) is 31.3. The lowest BCUT2D eigenvalue weighted by Gasteiger charge is -2.22. The fourth-order valence-corrected chi connectivity index (χ4v) is 2.55. The minimum atomic E-state index is -0.335. The van der Waals surface area contributed by atoms with Crippen molar-refractivity contribution in [3.63, 3.8) is 0 Å². The van der Waals surface area contributed by atoms with Gasteiger partial charge in [-0.05, 0) is 26.2 Å². The first-order valence-corrected chi connectivity index (χ1v) is 6.31. The van der Waals surface area contributed by atoms with Gasteiger partial charge in [-0.2, -0.15) is 0 Å². The van der Waals surface area contributed by atoms with Crippen LogP contribution in [0.15, 0.2) is 0 Å². The highest BCUT2D eigenvalue weighted by Crippen LogP contribution is 2.19. The van der Waals surface area contributed by atoms with E-state index in [0.29, 0.717) is 18.9 Å². The highest BCUT2D eigenvalue weighted by atomic mass is 16.5. The van der Waals surface area contributed by atoms with Crippen molar-refractivity contribution in [2.45, 2.75) is 38.8 Å². The summed E-state index contributed by atoms with van der Waals surface area (Å²) in [5.74, 6) is 0.307. The molecular weight excluding hydrogens is 220 g/mol. The topological polar surface area (TPSA) is 58.6 Å². The monoisotopic (exact) mass is 240 g/mol. The highest BCUT2D eigenvalue weighted by molar-refractivity contribution is 6.05. The Hall–Kier alpha value is -0.940. The number of carbonyl (C=O) groups excluding carboxylic acids is 2. The quantitative estimate of drug-likeness (QED) is 0.711. The van der Waals surface area contributed by atoms with Crippen LogP contribution in [0.25, 0.3) is 0 Å². The molecule has 0 saturated carbocycles. The van der Waals surface area contributed by atoms with Crippen LogP contribution in [0.2, 0.25) is 0 Å². The maximum absolute atomic E-state index is 11.9. The molecule has 3 atom stereocenters. The molecule has 0 radical (unpaired) electrons. The fourth-order valence-electron chi connectivity index (χ4n) is 2.55. The average Bonchev–Trinajstić information content (AvgIpc) is 2.89. The Labute approximate surface area is 101 Å². The van der Waals surface area contributed by atoms with Crippen molar-refractivity contribution < 1.29 is 14.3 Å². The lowest BCUT2D eigenvalue weighted by Crippen LogP contribution is -2.45. The van der Waals surface area contributed by atoms with Gasteiger partial charge in [-0.1, -0.05) is 0 Å². The number of nitrogens with one attached hydrogen (secondary N) is 1. The first kappa shape index (κ1) is 12.5. The summed E-state index contributed by atoms with van der Waals surface area (Å²) in [5.41, 5.74) is 0. The van der Waals surface area contributed by atoms with Gasteiger partial charge in [0.05, 0.1) is 19.1 Å². The largest absolute Gasteiger partial charge is 0.381 e. The van der Waals surface area contributed by atoms with E-state index in [1.807, 2.05) is 6.92 Å². The first-order chi connectivity index (χ1) is 8.13. The van der Waals surface area contributed by atoms with Crippen molar-refractivity contribution >= 4 is 11.8 Å². The van der Waals surface area contributed by atoms with Gasteiger partial charge in [0.15, 0.2) is 0 Å². The minimum absolute atomic E-state index is 0.0649. The van der Waals surface area contributed by atoms with Gasteiger partial charge in [0, 0.05) is 19.2 Å². The van der Waals surface area contributed by atoms with Crippen LogP contribution in [0.4, 0.5) is 0 Å². The molecule has 2 aliphatic rings. The summed E-state index contributed by atoms with van der Waals surface area (Å²) in [6.07, 6.45) is 1.32. The zero-order valence-corrected chi connectivity index (χ0v) is 10.4. The second-order valence-corrected chi connectivity index (χ2v) is 4.81. The first-order valence-electron chi connectivity index (χ1n) is 6.31. The van der Waals surface area contributed by atoms with Crippen LogP contribution in [-0.4, -0.2) is 48.6 Å². The Bertz CT molecular complexity index is 313. The fraction of sp³-hybridized carbons (Fsp3) is 0.833. The molecule has 17 heavy (non-hydrogen) atoms. The molecule has 0 aromatic carbocycles. The summed E-state index contributed by atoms with van der Waals surface area (Å²) in [6.45, 7) is 5.91. The predicted octanol–water partition coefficient (Wildman–Crippen LogP) is 0.148. The van der Waals surface area contributed by atoms with Crippen LogP contribution < -0.4 is 5.32 Å². The van der Waals surface area contributed by atoms with E-state index in [1.165, 1.54) is 4.90 Å². The van der Waals surface area contributed by atoms with E-state index < -0.39 is 0 Å². The van der Waals surface area contributed by atoms with Crippen molar-refractivity contribution in [3.8, 4) is 0 Å². The van der Waals surface area contributed by atoms with Gasteiger partial charge in [-0.25, -0.2) is 0 Å². The SMILES string of the molecule is CCN1C(=O)CC(NC(C)C2CCOC2)C1=O. The molecule has 0 aromatic heterocycles. The van der Waals surface area contributed by atoms with Crippen molar-refractivity contribution in [2.75, 3.05) is 19.8 Å². The van der Waals surface area contributed by atoms with Crippen LogP contribution in [0.3, 0.4) is 0 Å². The number of carbonyl (C=O) groups is 2. The van der Waals surface area contributed by atoms with E-state index in [-0.39, 0.29) is 23.9 Å². The number of ether oxygens (including phenoxy) is 1. The number of likely N-dealkylation sites (tertiary alicyclic amines) is 1. The average molecular weight is 240 g/mol. The van der Waals surface area contributed by atoms with Crippen molar-refractivity contribution in [3.05, 3.63) is 0 Å². The third kappa shape index (κ3) is 2.50. The van der Waals surface area contributed by atoms with Crippen molar-refractivity contribution in [1.29, 1.82) is 0 Å². The molecule has 2 rings (SSSR count). The van der Waals surface area contributed by atoms with E-state index in [1.54, 1.807) is 0 Å². The van der Waals surface area contributed by atoms with Gasteiger partial charge in [0.1, 0.15) is 0 Å². The molecule has 0 aromatic rings. The number of imide groups is 1. The summed E-state index contributed by atoms with van der Waals surface area (Å²) in [4.78, 5) is 24.8. The van der Waals surface area contributed by atoms with Crippen LogP contribution in [0.1, 0.15) is 26.7 Å². The summed E-state index contributed by atoms with van der Waals surface area (Å²) < 4.78 is 5.33. The molecule has 2 saturated heterocycles. The van der Waals surface area contributed by atoms with Crippen LogP contribution in [-0.2, 0) is 14.3 Å². The summed E-state index contributed by atoms with van der Waals surface area (Å²) in [7, 11) is 0. The van der Waals surface area contributed by atoms with E-state index in [4.69, 9.17) is 4.74 Å². The smallest absolute Gasteiger partial charge is 0.246 e. The molecule has 5 heteroatoms. The van der Waals surface area contributed by atoms with Crippen molar-refractivity contribution in [2.24, 2.45) is 5.92 Å². The van der Waals surface area contributed by atoms with E-state index in [2.05, 4.69) is 12.2 Å². The van der Waals surface area contributed by atoms with Gasteiger partial charge in [-0.15, -0.1) is 0 Å². The standard InChI is InChI=1S/C12H20N2O3/c1-3-14-11(15)6-10(12(14)16)13-8(2)9-4-5-17-7-9/h8-10,13H,3-7H2,1-2H3. The van der Waals surface area contributed by atoms with Crippen molar-refractivity contribution in [1.82, 2.24) is 10.2 Å². The van der Waals surface area contributed by atoms with Crippen LogP contribution in [0.5, 0.6) is 0 Å². The number of nitrogens with zero attached hydrogens (tertiary/aromatic N) is 1. The molecule has 0 bridgehead atoms. The van der Waals surface area contributed by atoms with E-state index in [0.717, 1.165) is 19.6 Å². The van der Waals surface area contributed by atoms with E-state index >= 15 is 0 Å². The lowest BCUT2D eigenvalue weighted by atomic mass is 9.99. The zero-order chi connectivity index (χ0) is 12.4. The Morgan fingerprint density at radius 1 is 1.53 bits per heavy atom. The molecule has 2 amide bonds. The lowest BCUT2D eigenvalue weighted by molar-refractivity contribution is -0.138. The highest BCUT2D eigenvalue weighted by Gasteiger charge is 2.39. The molecular formula is C12H20N2O3. The molecule has 5 nitrogen and oxygen atoms in total. The second kappa shape index (κ2) is 5.14. The molecule has 2 aliphatic heterocycles. The number of rotatable bonds is 4. The number of hydrogen-bond acceptors (Lipinski definition) is 4. The zero-order valence-electron chi connectivity index (χ0n) is 10.4. The van der Waals surface area contributed by atoms with Crippen LogP contribution in [0, 0.1) is 5.92 Å². The molecule has 0 spiro atoms. The van der Waals surface area contributed by atoms with Gasteiger partial charge in [0.25, 0.3) is 0 Å². The Balaban J connectivity index is 1.91.